The van der Waals surface area contributed by atoms with E-state index in [1.165, 1.54) is 12.1 Å². The molecule has 0 radical (unpaired) electrons. The molecule has 152 valence electrons. The van der Waals surface area contributed by atoms with E-state index >= 15 is 0 Å². The number of ether oxygens (including phenoxy) is 1. The molecule has 2 aromatic rings. The summed E-state index contributed by atoms with van der Waals surface area (Å²) >= 11 is 0. The number of halogens is 1. The van der Waals surface area contributed by atoms with Crippen LogP contribution in [0.2, 0.25) is 0 Å². The Bertz CT molecular complexity index is 820. The third kappa shape index (κ3) is 3.76. The SMILES string of the molecule is COCc1nnc(C2CN(Cc3ccc(O)c(F)c3)CC23CCN(C)CC3)o1. The molecule has 1 spiro atoms. The minimum absolute atomic E-state index is 0.0822. The quantitative estimate of drug-likeness (QED) is 0.840. The van der Waals surface area contributed by atoms with Crippen LogP contribution < -0.4 is 0 Å². The van der Waals surface area contributed by atoms with E-state index in [-0.39, 0.29) is 17.1 Å². The largest absolute Gasteiger partial charge is 0.505 e. The summed E-state index contributed by atoms with van der Waals surface area (Å²) in [5.74, 6) is 0.437. The van der Waals surface area contributed by atoms with Crippen molar-refractivity contribution in [1.29, 1.82) is 0 Å². The second kappa shape index (κ2) is 7.77. The van der Waals surface area contributed by atoms with Gasteiger partial charge in [-0.25, -0.2) is 4.39 Å². The number of benzene rings is 1. The molecule has 2 aliphatic heterocycles. The Hall–Kier alpha value is -2.03. The van der Waals surface area contributed by atoms with Gasteiger partial charge in [0.05, 0.1) is 5.92 Å². The van der Waals surface area contributed by atoms with E-state index in [4.69, 9.17) is 9.15 Å². The molecule has 1 aromatic carbocycles. The average Bonchev–Trinajstić information content (AvgIpc) is 3.26. The van der Waals surface area contributed by atoms with Gasteiger partial charge in [-0.1, -0.05) is 6.07 Å². The second-order valence-corrected chi connectivity index (χ2v) is 8.14. The molecule has 2 aliphatic rings. The van der Waals surface area contributed by atoms with Crippen LogP contribution in [-0.4, -0.2) is 65.4 Å². The van der Waals surface area contributed by atoms with Gasteiger partial charge in [-0.05, 0) is 56.1 Å². The van der Waals surface area contributed by atoms with Crippen molar-refractivity contribution in [2.75, 3.05) is 40.3 Å². The topological polar surface area (TPSA) is 74.9 Å². The molecule has 1 unspecified atom stereocenters. The summed E-state index contributed by atoms with van der Waals surface area (Å²) in [5, 5.41) is 17.9. The van der Waals surface area contributed by atoms with Crippen molar-refractivity contribution in [2.24, 2.45) is 5.41 Å². The van der Waals surface area contributed by atoms with Crippen LogP contribution in [0.5, 0.6) is 5.75 Å². The van der Waals surface area contributed by atoms with E-state index in [2.05, 4.69) is 27.0 Å². The molecule has 0 aliphatic carbocycles. The van der Waals surface area contributed by atoms with E-state index in [0.29, 0.717) is 24.9 Å². The number of phenolic OH excluding ortho intramolecular Hbond substituents is 1. The molecule has 0 bridgehead atoms. The van der Waals surface area contributed by atoms with E-state index in [1.54, 1.807) is 13.2 Å². The molecule has 2 saturated heterocycles. The van der Waals surface area contributed by atoms with Crippen LogP contribution in [0.15, 0.2) is 22.6 Å². The number of hydrogen-bond acceptors (Lipinski definition) is 7. The highest BCUT2D eigenvalue weighted by Gasteiger charge is 2.50. The molecule has 3 heterocycles. The van der Waals surface area contributed by atoms with Crippen LogP contribution in [0.4, 0.5) is 4.39 Å². The van der Waals surface area contributed by atoms with Crippen molar-refractivity contribution in [3.05, 3.63) is 41.4 Å². The first-order chi connectivity index (χ1) is 13.5. The zero-order valence-electron chi connectivity index (χ0n) is 16.4. The van der Waals surface area contributed by atoms with Gasteiger partial charge >= 0.3 is 0 Å². The summed E-state index contributed by atoms with van der Waals surface area (Å²) in [7, 11) is 3.76. The lowest BCUT2D eigenvalue weighted by atomic mass is 9.71. The van der Waals surface area contributed by atoms with Crippen LogP contribution in [0.3, 0.4) is 0 Å². The van der Waals surface area contributed by atoms with Gasteiger partial charge in [0, 0.05) is 26.7 Å². The van der Waals surface area contributed by atoms with Crippen molar-refractivity contribution >= 4 is 0 Å². The maximum atomic E-state index is 13.7. The number of aromatic hydroxyl groups is 1. The first-order valence-corrected chi connectivity index (χ1v) is 9.68. The Balaban J connectivity index is 1.56. The molecule has 2 fully saturated rings. The lowest BCUT2D eigenvalue weighted by molar-refractivity contribution is 0.103. The lowest BCUT2D eigenvalue weighted by Gasteiger charge is -2.40. The number of phenols is 1. The zero-order valence-corrected chi connectivity index (χ0v) is 16.4. The number of piperidine rings is 1. The highest BCUT2D eigenvalue weighted by molar-refractivity contribution is 5.28. The van der Waals surface area contributed by atoms with Gasteiger partial charge < -0.3 is 19.2 Å². The Morgan fingerprint density at radius 3 is 2.82 bits per heavy atom. The van der Waals surface area contributed by atoms with Crippen molar-refractivity contribution in [3.8, 4) is 5.75 Å². The number of nitrogens with zero attached hydrogens (tertiary/aromatic N) is 4. The van der Waals surface area contributed by atoms with Gasteiger partial charge in [-0.15, -0.1) is 10.2 Å². The predicted molar refractivity (Wildman–Crippen MR) is 100 cm³/mol. The summed E-state index contributed by atoms with van der Waals surface area (Å²) in [4.78, 5) is 4.69. The molecule has 0 amide bonds. The van der Waals surface area contributed by atoms with Crippen LogP contribution >= 0.6 is 0 Å². The maximum absolute atomic E-state index is 13.7. The van der Waals surface area contributed by atoms with Crippen LogP contribution in [0.1, 0.15) is 36.1 Å². The first kappa shape index (κ1) is 19.3. The minimum Gasteiger partial charge on any atom is -0.505 e. The molecule has 28 heavy (non-hydrogen) atoms. The highest BCUT2D eigenvalue weighted by Crippen LogP contribution is 2.49. The van der Waals surface area contributed by atoms with E-state index < -0.39 is 5.82 Å². The first-order valence-electron chi connectivity index (χ1n) is 9.68. The monoisotopic (exact) mass is 390 g/mol. The second-order valence-electron chi connectivity index (χ2n) is 8.14. The van der Waals surface area contributed by atoms with Gasteiger partial charge in [-0.2, -0.15) is 0 Å². The van der Waals surface area contributed by atoms with Gasteiger partial charge in [0.25, 0.3) is 0 Å². The van der Waals surface area contributed by atoms with Crippen LogP contribution in [0, 0.1) is 11.2 Å². The normalized spacial score (nSPS) is 22.9. The Kier molecular flexibility index (Phi) is 5.35. The van der Waals surface area contributed by atoms with Gasteiger partial charge in [0.1, 0.15) is 6.61 Å². The molecule has 1 N–H and O–H groups in total. The van der Waals surface area contributed by atoms with E-state index in [0.717, 1.165) is 44.6 Å². The Labute approximate surface area is 164 Å². The van der Waals surface area contributed by atoms with Gasteiger partial charge in [0.2, 0.25) is 11.8 Å². The van der Waals surface area contributed by atoms with E-state index in [1.807, 2.05) is 0 Å². The lowest BCUT2D eigenvalue weighted by Crippen LogP contribution is -2.42. The Morgan fingerprint density at radius 2 is 2.11 bits per heavy atom. The number of methoxy groups -OCH3 is 1. The number of aromatic nitrogens is 2. The van der Waals surface area contributed by atoms with Crippen LogP contribution in [-0.2, 0) is 17.9 Å². The fourth-order valence-corrected chi connectivity index (χ4v) is 4.60. The van der Waals surface area contributed by atoms with Crippen molar-refractivity contribution in [1.82, 2.24) is 20.0 Å². The van der Waals surface area contributed by atoms with Crippen molar-refractivity contribution in [2.45, 2.75) is 31.9 Å². The maximum Gasteiger partial charge on any atom is 0.242 e. The van der Waals surface area contributed by atoms with Gasteiger partial charge in [0.15, 0.2) is 11.6 Å². The average molecular weight is 390 g/mol. The van der Waals surface area contributed by atoms with Gasteiger partial charge in [-0.3, -0.25) is 4.90 Å². The molecule has 1 atom stereocenters. The molecular weight excluding hydrogens is 363 g/mol. The summed E-state index contributed by atoms with van der Waals surface area (Å²) in [5.41, 5.74) is 0.934. The van der Waals surface area contributed by atoms with Crippen molar-refractivity contribution < 1.29 is 18.7 Å². The standard InChI is InChI=1S/C20H27FN4O3/c1-24-7-5-20(6-8-24)13-25(10-14-3-4-17(26)16(21)9-14)11-15(20)19-23-22-18(28-19)12-27-2/h3-4,9,15,26H,5-8,10-13H2,1-2H3. The van der Waals surface area contributed by atoms with E-state index in [9.17, 15) is 9.50 Å². The smallest absolute Gasteiger partial charge is 0.242 e. The highest BCUT2D eigenvalue weighted by atomic mass is 19.1. The molecule has 8 heteroatoms. The fourth-order valence-electron chi connectivity index (χ4n) is 4.60. The third-order valence-corrected chi connectivity index (χ3v) is 6.17. The minimum atomic E-state index is -0.580. The summed E-state index contributed by atoms with van der Waals surface area (Å²) in [6, 6.07) is 4.60. The molecule has 7 nitrogen and oxygen atoms in total. The number of hydrogen-bond donors (Lipinski definition) is 1. The third-order valence-electron chi connectivity index (χ3n) is 6.17. The summed E-state index contributed by atoms with van der Waals surface area (Å²) in [6.45, 7) is 4.72. The summed E-state index contributed by atoms with van der Waals surface area (Å²) in [6.07, 6.45) is 2.13. The molecular formula is C20H27FN4O3. The fraction of sp³-hybridized carbons (Fsp3) is 0.600. The molecule has 1 aromatic heterocycles. The zero-order chi connectivity index (χ0) is 19.7. The Morgan fingerprint density at radius 1 is 1.32 bits per heavy atom. The number of rotatable bonds is 5. The summed E-state index contributed by atoms with van der Waals surface area (Å²) < 4.78 is 24.8. The van der Waals surface area contributed by atoms with Crippen LogP contribution in [0.25, 0.3) is 0 Å². The number of likely N-dealkylation sites (tertiary alicyclic amines) is 2. The molecule has 0 saturated carbocycles. The molecule has 4 rings (SSSR count). The van der Waals surface area contributed by atoms with Crippen molar-refractivity contribution in [3.63, 3.8) is 0 Å². The predicted octanol–water partition coefficient (Wildman–Crippen LogP) is 2.37.